The Labute approximate surface area is 136 Å². The van der Waals surface area contributed by atoms with E-state index < -0.39 is 36.0 Å². The Bertz CT molecular complexity index is 411. The maximum atomic E-state index is 12.1. The number of carboxylic acids is 1. The van der Waals surface area contributed by atoms with Crippen LogP contribution in [0.1, 0.15) is 40.5 Å². The van der Waals surface area contributed by atoms with Gasteiger partial charge in [-0.3, -0.25) is 9.59 Å². The van der Waals surface area contributed by atoms with Gasteiger partial charge >= 0.3 is 5.97 Å². The Morgan fingerprint density at radius 1 is 0.913 bits per heavy atom. The number of carbonyl (C=O) groups is 3. The molecule has 8 nitrogen and oxygen atoms in total. The summed E-state index contributed by atoms with van der Waals surface area (Å²) in [7, 11) is 0. The lowest BCUT2D eigenvalue weighted by Crippen LogP contribution is -2.53. The fraction of sp³-hybridized carbons (Fsp3) is 0.800. The number of nitrogens with one attached hydrogen (secondary N) is 2. The zero-order valence-electron chi connectivity index (χ0n) is 14.1. The fourth-order valence-corrected chi connectivity index (χ4v) is 1.85. The molecule has 0 aliphatic rings. The van der Waals surface area contributed by atoms with Gasteiger partial charge in [-0.2, -0.15) is 0 Å². The first-order valence-electron chi connectivity index (χ1n) is 7.73. The van der Waals surface area contributed by atoms with Crippen molar-refractivity contribution >= 4 is 17.8 Å². The Morgan fingerprint density at radius 3 is 1.91 bits per heavy atom. The number of carboxylic acid groups (broad SMARTS) is 1. The van der Waals surface area contributed by atoms with Crippen LogP contribution >= 0.6 is 0 Å². The minimum atomic E-state index is -2.24. The van der Waals surface area contributed by atoms with Gasteiger partial charge in [-0.25, -0.2) is 4.79 Å². The first kappa shape index (κ1) is 21.3. The molecule has 0 aliphatic heterocycles. The molecule has 0 aromatic heterocycles. The molecule has 23 heavy (non-hydrogen) atoms. The summed E-state index contributed by atoms with van der Waals surface area (Å²) in [4.78, 5) is 34.5. The van der Waals surface area contributed by atoms with Gasteiger partial charge in [-0.15, -0.1) is 0 Å². The van der Waals surface area contributed by atoms with Crippen molar-refractivity contribution in [3.8, 4) is 0 Å². The number of rotatable bonds is 10. The van der Waals surface area contributed by atoms with E-state index in [9.17, 15) is 24.6 Å². The molecule has 0 heterocycles. The molecule has 3 atom stereocenters. The highest BCUT2D eigenvalue weighted by atomic mass is 16.4. The molecule has 0 bridgehead atoms. The lowest BCUT2D eigenvalue weighted by molar-refractivity contribution is -0.158. The van der Waals surface area contributed by atoms with Crippen molar-refractivity contribution in [3.63, 3.8) is 0 Å². The second kappa shape index (κ2) is 10.2. The van der Waals surface area contributed by atoms with Crippen LogP contribution in [0.25, 0.3) is 0 Å². The molecule has 0 rings (SSSR count). The van der Waals surface area contributed by atoms with Gasteiger partial charge in [0.25, 0.3) is 5.91 Å². The van der Waals surface area contributed by atoms with Gasteiger partial charge in [0.1, 0.15) is 6.04 Å². The number of aliphatic carboxylic acids is 1. The lowest BCUT2D eigenvalue weighted by atomic mass is 10.0. The molecule has 0 aromatic carbocycles. The lowest BCUT2D eigenvalue weighted by Gasteiger charge is -2.22. The summed E-state index contributed by atoms with van der Waals surface area (Å²) in [6.07, 6.45) is -3.26. The molecule has 2 amide bonds. The van der Waals surface area contributed by atoms with E-state index in [1.807, 2.05) is 27.7 Å². The van der Waals surface area contributed by atoms with Crippen LogP contribution in [0, 0.1) is 11.8 Å². The number of hydrogen-bond acceptors (Lipinski definition) is 5. The van der Waals surface area contributed by atoms with Crippen LogP contribution in [0.2, 0.25) is 0 Å². The molecule has 1 unspecified atom stereocenters. The smallest absolute Gasteiger partial charge is 0.335 e. The van der Waals surface area contributed by atoms with Gasteiger partial charge < -0.3 is 26.0 Å². The van der Waals surface area contributed by atoms with Crippen molar-refractivity contribution in [2.75, 3.05) is 6.54 Å². The van der Waals surface area contributed by atoms with Crippen molar-refractivity contribution in [2.45, 2.75) is 58.8 Å². The van der Waals surface area contributed by atoms with E-state index in [2.05, 4.69) is 10.6 Å². The summed E-state index contributed by atoms with van der Waals surface area (Å²) >= 11 is 0. The SMILES string of the molecule is CC(C)CCNC(=O)C(CC(C)C)NC(=O)[C@H](O)[C@@H](O)C(=O)O. The highest BCUT2D eigenvalue weighted by Crippen LogP contribution is 2.07. The van der Waals surface area contributed by atoms with Gasteiger partial charge in [0.15, 0.2) is 12.2 Å². The number of amides is 2. The van der Waals surface area contributed by atoms with Crippen molar-refractivity contribution in [1.82, 2.24) is 10.6 Å². The van der Waals surface area contributed by atoms with Gasteiger partial charge in [-0.05, 0) is 24.7 Å². The van der Waals surface area contributed by atoms with Crippen LogP contribution in [-0.4, -0.2) is 57.9 Å². The Morgan fingerprint density at radius 2 is 1.48 bits per heavy atom. The Balaban J connectivity index is 4.74. The molecule has 0 fully saturated rings. The Hall–Kier alpha value is -1.67. The van der Waals surface area contributed by atoms with Gasteiger partial charge in [0.2, 0.25) is 5.91 Å². The van der Waals surface area contributed by atoms with Crippen molar-refractivity contribution in [1.29, 1.82) is 0 Å². The summed E-state index contributed by atoms with van der Waals surface area (Å²) in [5, 5.41) is 32.3. The van der Waals surface area contributed by atoms with Crippen molar-refractivity contribution < 1.29 is 29.7 Å². The topological polar surface area (TPSA) is 136 Å². The number of aliphatic hydroxyl groups excluding tert-OH is 2. The second-order valence-corrected chi connectivity index (χ2v) is 6.39. The standard InChI is InChI=1S/C15H28N2O6/c1-8(2)5-6-16-13(20)10(7-9(3)4)17-14(21)11(18)12(19)15(22)23/h8-12,18-19H,5-7H2,1-4H3,(H,16,20)(H,17,21)(H,22,23)/t10?,11-,12-/m1/s1. The minimum Gasteiger partial charge on any atom is -0.479 e. The molecule has 0 aliphatic carbocycles. The van der Waals surface area contributed by atoms with Crippen LogP contribution in [0.3, 0.4) is 0 Å². The van der Waals surface area contributed by atoms with Gasteiger partial charge in [0.05, 0.1) is 0 Å². The van der Waals surface area contributed by atoms with Crippen molar-refractivity contribution in [2.24, 2.45) is 11.8 Å². The predicted molar refractivity (Wildman–Crippen MR) is 83.5 cm³/mol. The highest BCUT2D eigenvalue weighted by Gasteiger charge is 2.32. The van der Waals surface area contributed by atoms with Crippen LogP contribution in [0.5, 0.6) is 0 Å². The zero-order chi connectivity index (χ0) is 18.2. The maximum Gasteiger partial charge on any atom is 0.335 e. The molecule has 5 N–H and O–H groups in total. The van der Waals surface area contributed by atoms with Crippen molar-refractivity contribution in [3.05, 3.63) is 0 Å². The third-order valence-electron chi connectivity index (χ3n) is 3.18. The van der Waals surface area contributed by atoms with Gasteiger partial charge in [0, 0.05) is 6.54 Å². The van der Waals surface area contributed by atoms with E-state index in [1.54, 1.807) is 0 Å². The third-order valence-corrected chi connectivity index (χ3v) is 3.18. The molecular formula is C15H28N2O6. The van der Waals surface area contributed by atoms with Crippen LogP contribution < -0.4 is 10.6 Å². The normalized spacial score (nSPS) is 15.1. The Kier molecular flexibility index (Phi) is 9.43. The van der Waals surface area contributed by atoms with E-state index in [4.69, 9.17) is 5.11 Å². The molecular weight excluding hydrogens is 304 g/mol. The zero-order valence-corrected chi connectivity index (χ0v) is 14.1. The molecule has 0 aromatic rings. The predicted octanol–water partition coefficient (Wildman–Crippen LogP) is -0.514. The quantitative estimate of drug-likeness (QED) is 0.365. The third kappa shape index (κ3) is 8.51. The summed E-state index contributed by atoms with van der Waals surface area (Å²) < 4.78 is 0. The van der Waals surface area contributed by atoms with E-state index >= 15 is 0 Å². The van der Waals surface area contributed by atoms with E-state index in [0.717, 1.165) is 6.42 Å². The van der Waals surface area contributed by atoms with Crippen LogP contribution in [0.15, 0.2) is 0 Å². The van der Waals surface area contributed by atoms with E-state index in [0.29, 0.717) is 18.9 Å². The molecule has 0 radical (unpaired) electrons. The van der Waals surface area contributed by atoms with E-state index in [-0.39, 0.29) is 5.92 Å². The van der Waals surface area contributed by atoms with Crippen LogP contribution in [0.4, 0.5) is 0 Å². The van der Waals surface area contributed by atoms with Gasteiger partial charge in [-0.1, -0.05) is 27.7 Å². The summed E-state index contributed by atoms with van der Waals surface area (Å²) in [5.41, 5.74) is 0. The summed E-state index contributed by atoms with van der Waals surface area (Å²) in [6, 6.07) is -0.898. The molecule has 0 saturated carbocycles. The number of hydrogen-bond donors (Lipinski definition) is 5. The largest absolute Gasteiger partial charge is 0.479 e. The monoisotopic (exact) mass is 332 g/mol. The van der Waals surface area contributed by atoms with E-state index in [1.165, 1.54) is 0 Å². The summed E-state index contributed by atoms with van der Waals surface area (Å²) in [6.45, 7) is 8.22. The molecule has 0 saturated heterocycles. The maximum absolute atomic E-state index is 12.1. The van der Waals surface area contributed by atoms with Crippen LogP contribution in [-0.2, 0) is 14.4 Å². The second-order valence-electron chi connectivity index (χ2n) is 6.39. The highest BCUT2D eigenvalue weighted by molar-refractivity contribution is 5.92. The summed E-state index contributed by atoms with van der Waals surface area (Å²) in [5.74, 6) is -2.69. The average Bonchev–Trinajstić information content (AvgIpc) is 2.43. The first-order valence-corrected chi connectivity index (χ1v) is 7.73. The number of carbonyl (C=O) groups excluding carboxylic acids is 2. The first-order chi connectivity index (χ1) is 10.6. The molecule has 8 heteroatoms. The minimum absolute atomic E-state index is 0.0951. The molecule has 134 valence electrons. The fourth-order valence-electron chi connectivity index (χ4n) is 1.85. The average molecular weight is 332 g/mol. The molecule has 0 spiro atoms. The number of aliphatic hydroxyl groups is 2.